The molecule has 0 aromatic carbocycles. The molecule has 0 aromatic rings. The van der Waals surface area contributed by atoms with Crippen molar-refractivity contribution >= 4 is 7.26 Å². The zero-order valence-electron chi connectivity index (χ0n) is 9.86. The van der Waals surface area contributed by atoms with E-state index in [4.69, 9.17) is 0 Å². The molecule has 0 spiro atoms. The summed E-state index contributed by atoms with van der Waals surface area (Å²) in [6.07, 6.45) is 2.18. The Morgan fingerprint density at radius 2 is 1.93 bits per heavy atom. The van der Waals surface area contributed by atoms with Gasteiger partial charge in [0.25, 0.3) is 0 Å². The summed E-state index contributed by atoms with van der Waals surface area (Å²) in [5.74, 6) is 0. The van der Waals surface area contributed by atoms with Crippen LogP contribution in [0, 0.1) is 11.3 Å². The van der Waals surface area contributed by atoms with Gasteiger partial charge in [0.15, 0.2) is 0 Å². The van der Waals surface area contributed by atoms with Crippen LogP contribution in [-0.4, -0.2) is 24.9 Å². The molecule has 2 heteroatoms. The van der Waals surface area contributed by atoms with E-state index >= 15 is 0 Å². The Labute approximate surface area is 88.2 Å². The van der Waals surface area contributed by atoms with E-state index in [9.17, 15) is 0 Å². The molecule has 0 radical (unpaired) electrons. The van der Waals surface area contributed by atoms with Gasteiger partial charge < -0.3 is 0 Å². The average Bonchev–Trinajstić information content (AvgIpc) is 2.82. The summed E-state index contributed by atoms with van der Waals surface area (Å²) in [6.45, 7) is 8.70. The van der Waals surface area contributed by atoms with E-state index in [2.05, 4.69) is 56.4 Å². The summed E-state index contributed by atoms with van der Waals surface area (Å²) in [5.41, 5.74) is 12.5. The van der Waals surface area contributed by atoms with E-state index < -0.39 is 7.26 Å². The van der Waals surface area contributed by atoms with Crippen LogP contribution in [0.2, 0.25) is 0 Å². The zero-order valence-corrected chi connectivity index (χ0v) is 10.9. The third-order valence-electron chi connectivity index (χ3n) is 2.60. The van der Waals surface area contributed by atoms with Crippen molar-refractivity contribution in [3.63, 3.8) is 0 Å². The summed E-state index contributed by atoms with van der Waals surface area (Å²) in [4.78, 5) is 2.28. The van der Waals surface area contributed by atoms with Crippen LogP contribution in [0.25, 0.3) is 0 Å². The maximum absolute atomic E-state index is 3.41. The van der Waals surface area contributed by atoms with Crippen LogP contribution < -0.4 is 0 Å². The fourth-order valence-corrected chi connectivity index (χ4v) is 3.47. The molecule has 1 rings (SSSR count). The van der Waals surface area contributed by atoms with Gasteiger partial charge in [0, 0.05) is 0 Å². The molecule has 0 aromatic heterocycles. The Morgan fingerprint density at radius 3 is 2.36 bits per heavy atom. The topological polar surface area (TPSA) is 3.24 Å². The SMILES string of the molecule is CCC(C)=C=C(C)N(C)C[PH]1(C)C#C1. The molecule has 1 nitrogen and oxygen atoms in total. The molecule has 0 saturated heterocycles. The quantitative estimate of drug-likeness (QED) is 0.391. The van der Waals surface area contributed by atoms with Gasteiger partial charge >= 0.3 is 87.7 Å². The number of hydrogen-bond donors (Lipinski definition) is 0. The predicted molar refractivity (Wildman–Crippen MR) is 66.8 cm³/mol. The number of hydrogen-bond acceptors (Lipinski definition) is 1. The van der Waals surface area contributed by atoms with Gasteiger partial charge in [-0.25, -0.2) is 0 Å². The Hall–Kier alpha value is -0.690. The summed E-state index contributed by atoms with van der Waals surface area (Å²) in [6, 6.07) is 0. The molecule has 0 aliphatic carbocycles. The van der Waals surface area contributed by atoms with E-state index in [1.54, 1.807) is 0 Å². The third-order valence-corrected chi connectivity index (χ3v) is 4.81. The van der Waals surface area contributed by atoms with E-state index in [1.807, 2.05) is 0 Å². The standard InChI is InChI=1S/C12H20NP/c1-6-11(2)9-12(3)13(4)10-14(5)7-8-14/h14H,6,10H2,1-5H3. The molecule has 1 aliphatic rings. The first-order valence-corrected chi connectivity index (χ1v) is 7.86. The van der Waals surface area contributed by atoms with Crippen molar-refractivity contribution in [1.29, 1.82) is 0 Å². The molecule has 0 unspecified atom stereocenters. The average molecular weight is 209 g/mol. The second-order valence-electron chi connectivity index (χ2n) is 4.28. The molecular weight excluding hydrogens is 189 g/mol. The first-order chi connectivity index (χ1) is 6.47. The van der Waals surface area contributed by atoms with Gasteiger partial charge in [-0.1, -0.05) is 0 Å². The maximum atomic E-state index is 3.41. The molecule has 0 bridgehead atoms. The van der Waals surface area contributed by atoms with Crippen LogP contribution in [0.3, 0.4) is 0 Å². The minimum atomic E-state index is -1.24. The van der Waals surface area contributed by atoms with Crippen molar-refractivity contribution in [3.8, 4) is 11.3 Å². The predicted octanol–water partition coefficient (Wildman–Crippen LogP) is 3.05. The second kappa shape index (κ2) is 4.22. The van der Waals surface area contributed by atoms with Crippen LogP contribution in [-0.2, 0) is 0 Å². The first kappa shape index (κ1) is 11.4. The van der Waals surface area contributed by atoms with Gasteiger partial charge in [-0.2, -0.15) is 0 Å². The summed E-state index contributed by atoms with van der Waals surface area (Å²) >= 11 is 0. The first-order valence-electron chi connectivity index (χ1n) is 5.15. The number of rotatable bonds is 4. The van der Waals surface area contributed by atoms with E-state index in [0.717, 1.165) is 12.7 Å². The van der Waals surface area contributed by atoms with Gasteiger partial charge in [0.05, 0.1) is 0 Å². The Morgan fingerprint density at radius 1 is 1.36 bits per heavy atom. The zero-order chi connectivity index (χ0) is 10.8. The second-order valence-corrected chi connectivity index (χ2v) is 7.76. The van der Waals surface area contributed by atoms with Crippen molar-refractivity contribution in [2.45, 2.75) is 27.2 Å². The normalized spacial score (nSPS) is 17.2. The Balaban J connectivity index is 2.60. The molecule has 0 saturated carbocycles. The van der Waals surface area contributed by atoms with E-state index in [1.165, 1.54) is 11.3 Å². The third kappa shape index (κ3) is 3.22. The summed E-state index contributed by atoms with van der Waals surface area (Å²) in [5, 5.41) is 0. The fraction of sp³-hybridized carbons (Fsp3) is 0.583. The molecule has 1 aliphatic heterocycles. The Kier molecular flexibility index (Phi) is 3.43. The molecular formula is C12H20NP. The fourth-order valence-electron chi connectivity index (χ4n) is 1.27. The minimum absolute atomic E-state index is 1.08. The van der Waals surface area contributed by atoms with Gasteiger partial charge in [-0.05, 0) is 0 Å². The number of allylic oxidation sites excluding steroid dienone is 1. The molecule has 14 heavy (non-hydrogen) atoms. The van der Waals surface area contributed by atoms with Crippen molar-refractivity contribution in [3.05, 3.63) is 17.0 Å². The van der Waals surface area contributed by atoms with Crippen LogP contribution in [0.4, 0.5) is 0 Å². The van der Waals surface area contributed by atoms with E-state index in [-0.39, 0.29) is 0 Å². The molecule has 0 amide bonds. The van der Waals surface area contributed by atoms with Gasteiger partial charge in [0.2, 0.25) is 0 Å². The molecule has 0 fully saturated rings. The summed E-state index contributed by atoms with van der Waals surface area (Å²) < 4.78 is 0. The van der Waals surface area contributed by atoms with Crippen LogP contribution >= 0.6 is 7.26 Å². The van der Waals surface area contributed by atoms with Gasteiger partial charge in [-0.3, -0.25) is 0 Å². The Bertz CT molecular complexity index is 342. The van der Waals surface area contributed by atoms with E-state index in [0.29, 0.717) is 0 Å². The van der Waals surface area contributed by atoms with Gasteiger partial charge in [0.1, 0.15) is 0 Å². The molecule has 1 heterocycles. The van der Waals surface area contributed by atoms with Crippen molar-refractivity contribution < 1.29 is 0 Å². The number of nitrogens with zero attached hydrogens (tertiary/aromatic N) is 1. The van der Waals surface area contributed by atoms with Crippen LogP contribution in [0.15, 0.2) is 17.0 Å². The summed E-state index contributed by atoms with van der Waals surface area (Å²) in [7, 11) is 0.892. The van der Waals surface area contributed by atoms with Crippen LogP contribution in [0.5, 0.6) is 0 Å². The molecule has 0 atom stereocenters. The molecule has 78 valence electrons. The van der Waals surface area contributed by atoms with Crippen molar-refractivity contribution in [2.24, 2.45) is 0 Å². The van der Waals surface area contributed by atoms with Crippen molar-refractivity contribution in [2.75, 3.05) is 20.0 Å². The van der Waals surface area contributed by atoms with Crippen LogP contribution in [0.1, 0.15) is 27.2 Å². The van der Waals surface area contributed by atoms with Gasteiger partial charge in [-0.15, -0.1) is 0 Å². The molecule has 0 N–H and O–H groups in total. The monoisotopic (exact) mass is 209 g/mol. The van der Waals surface area contributed by atoms with Crippen molar-refractivity contribution in [1.82, 2.24) is 4.90 Å².